The number of rotatable bonds is 8. The number of hydrogen-bond donors (Lipinski definition) is 0. The summed E-state index contributed by atoms with van der Waals surface area (Å²) in [5.74, 6) is -1.43. The van der Waals surface area contributed by atoms with Gasteiger partial charge in [0.25, 0.3) is 6.43 Å². The lowest BCUT2D eigenvalue weighted by molar-refractivity contribution is 0.0765. The maximum absolute atomic E-state index is 14.6. The summed E-state index contributed by atoms with van der Waals surface area (Å²) in [6.45, 7) is 2.14. The molecule has 1 unspecified atom stereocenters. The Bertz CT molecular complexity index is 876. The zero-order chi connectivity index (χ0) is 20.7. The SMILES string of the molecule is C=N/N=C(\OCC(F)F)c1ccc(CN(c2ccc(F)cc2)S(C)=O)c(F)c1. The second-order valence-electron chi connectivity index (χ2n) is 5.49. The number of halogens is 4. The van der Waals surface area contributed by atoms with E-state index in [1.54, 1.807) is 0 Å². The lowest BCUT2D eigenvalue weighted by Crippen LogP contribution is -2.25. The van der Waals surface area contributed by atoms with E-state index in [1.165, 1.54) is 47.0 Å². The molecule has 28 heavy (non-hydrogen) atoms. The van der Waals surface area contributed by atoms with Crippen molar-refractivity contribution in [2.24, 2.45) is 10.2 Å². The fourth-order valence-electron chi connectivity index (χ4n) is 2.28. The van der Waals surface area contributed by atoms with Gasteiger partial charge in [-0.1, -0.05) is 6.07 Å². The van der Waals surface area contributed by atoms with Crippen LogP contribution in [-0.4, -0.2) is 36.1 Å². The van der Waals surface area contributed by atoms with Gasteiger partial charge < -0.3 is 4.74 Å². The van der Waals surface area contributed by atoms with Crippen LogP contribution < -0.4 is 4.31 Å². The number of hydrogen-bond acceptors (Lipinski definition) is 4. The fraction of sp³-hybridized carbons (Fsp3) is 0.222. The van der Waals surface area contributed by atoms with Gasteiger partial charge in [-0.3, -0.25) is 4.31 Å². The lowest BCUT2D eigenvalue weighted by atomic mass is 10.1. The van der Waals surface area contributed by atoms with Gasteiger partial charge in [-0.05, 0) is 36.4 Å². The van der Waals surface area contributed by atoms with E-state index in [-0.39, 0.29) is 23.6 Å². The van der Waals surface area contributed by atoms with Gasteiger partial charge in [-0.15, -0.1) is 5.10 Å². The van der Waals surface area contributed by atoms with Crippen molar-refractivity contribution in [3.63, 3.8) is 0 Å². The van der Waals surface area contributed by atoms with Gasteiger partial charge in [0.05, 0.1) is 6.54 Å². The summed E-state index contributed by atoms with van der Waals surface area (Å²) >= 11 is 0. The Kier molecular flexibility index (Phi) is 7.68. The molecule has 1 atom stereocenters. The second-order valence-corrected chi connectivity index (χ2v) is 6.78. The van der Waals surface area contributed by atoms with Gasteiger partial charge in [-0.25, -0.2) is 21.8 Å². The third kappa shape index (κ3) is 5.88. The lowest BCUT2D eigenvalue weighted by Gasteiger charge is -2.22. The highest BCUT2D eigenvalue weighted by Crippen LogP contribution is 2.21. The Hall–Kier alpha value is -2.75. The summed E-state index contributed by atoms with van der Waals surface area (Å²) < 4.78 is 70.6. The number of nitrogens with zero attached hydrogens (tertiary/aromatic N) is 3. The Labute approximate surface area is 161 Å². The van der Waals surface area contributed by atoms with Crippen molar-refractivity contribution in [2.45, 2.75) is 13.0 Å². The highest BCUT2D eigenvalue weighted by molar-refractivity contribution is 7.85. The summed E-state index contributed by atoms with van der Waals surface area (Å²) in [5, 5.41) is 6.72. The van der Waals surface area contributed by atoms with Crippen molar-refractivity contribution in [1.29, 1.82) is 0 Å². The van der Waals surface area contributed by atoms with E-state index in [1.807, 2.05) is 0 Å². The van der Waals surface area contributed by atoms with Crippen LogP contribution in [-0.2, 0) is 22.3 Å². The molecule has 0 spiro atoms. The quantitative estimate of drug-likeness (QED) is 0.284. The standard InChI is InChI=1S/C18H17F4N3O2S/c1-23-24-18(27-11-17(21)22)12-3-4-13(16(20)9-12)10-25(28(2)26)15-7-5-14(19)6-8-15/h3-9,17H,1,10-11H2,2H3/b24-18-. The molecule has 2 aromatic rings. The zero-order valence-corrected chi connectivity index (χ0v) is 15.6. The normalized spacial score (nSPS) is 12.7. The zero-order valence-electron chi connectivity index (χ0n) is 14.8. The van der Waals surface area contributed by atoms with Crippen molar-refractivity contribution >= 4 is 29.3 Å². The van der Waals surface area contributed by atoms with Gasteiger partial charge in [0.1, 0.15) is 22.6 Å². The van der Waals surface area contributed by atoms with Crippen molar-refractivity contribution in [2.75, 3.05) is 17.2 Å². The molecule has 0 aromatic heterocycles. The van der Waals surface area contributed by atoms with Gasteiger partial charge in [-0.2, -0.15) is 5.10 Å². The van der Waals surface area contributed by atoms with Crippen LogP contribution in [0.3, 0.4) is 0 Å². The van der Waals surface area contributed by atoms with Crippen molar-refractivity contribution < 1.29 is 26.5 Å². The average Bonchev–Trinajstić information content (AvgIpc) is 2.64. The Balaban J connectivity index is 2.26. The fourth-order valence-corrected chi connectivity index (χ4v) is 3.02. The summed E-state index contributed by atoms with van der Waals surface area (Å²) in [4.78, 5) is 0. The van der Waals surface area contributed by atoms with Crippen LogP contribution in [0.2, 0.25) is 0 Å². The first-order valence-electron chi connectivity index (χ1n) is 7.92. The largest absolute Gasteiger partial charge is 0.470 e. The molecule has 0 amide bonds. The summed E-state index contributed by atoms with van der Waals surface area (Å²) in [6.07, 6.45) is -1.32. The van der Waals surface area contributed by atoms with Gasteiger partial charge in [0.2, 0.25) is 5.90 Å². The van der Waals surface area contributed by atoms with Crippen LogP contribution >= 0.6 is 0 Å². The molecular weight excluding hydrogens is 398 g/mol. The minimum atomic E-state index is -2.73. The average molecular weight is 415 g/mol. The van der Waals surface area contributed by atoms with E-state index in [4.69, 9.17) is 4.74 Å². The number of alkyl halides is 2. The predicted octanol–water partition coefficient (Wildman–Crippen LogP) is 3.91. The van der Waals surface area contributed by atoms with Crippen LogP contribution in [0.1, 0.15) is 11.1 Å². The van der Waals surface area contributed by atoms with Crippen molar-refractivity contribution in [3.8, 4) is 0 Å². The molecule has 2 rings (SSSR count). The molecule has 0 aliphatic carbocycles. The van der Waals surface area contributed by atoms with Crippen LogP contribution in [0.4, 0.5) is 23.2 Å². The van der Waals surface area contributed by atoms with E-state index in [0.29, 0.717) is 5.69 Å². The molecule has 0 aliphatic heterocycles. The van der Waals surface area contributed by atoms with E-state index in [9.17, 15) is 21.8 Å². The van der Waals surface area contributed by atoms with Crippen LogP contribution in [0.25, 0.3) is 0 Å². The van der Waals surface area contributed by atoms with Gasteiger partial charge in [0.15, 0.2) is 6.61 Å². The Morgan fingerprint density at radius 2 is 1.89 bits per heavy atom. The molecule has 10 heteroatoms. The van der Waals surface area contributed by atoms with Crippen LogP contribution in [0.15, 0.2) is 52.7 Å². The summed E-state index contributed by atoms with van der Waals surface area (Å²) in [7, 11) is -1.51. The topological polar surface area (TPSA) is 54.3 Å². The van der Waals surface area contributed by atoms with Crippen LogP contribution in [0, 0.1) is 11.6 Å². The van der Waals surface area contributed by atoms with E-state index in [2.05, 4.69) is 16.9 Å². The van der Waals surface area contributed by atoms with E-state index < -0.39 is 35.7 Å². The van der Waals surface area contributed by atoms with Gasteiger partial charge in [0, 0.05) is 29.8 Å². The summed E-state index contributed by atoms with van der Waals surface area (Å²) in [6, 6.07) is 9.13. The number of benzene rings is 2. The first kappa shape index (κ1) is 21.5. The second kappa shape index (κ2) is 9.98. The predicted molar refractivity (Wildman–Crippen MR) is 101 cm³/mol. The minimum absolute atomic E-state index is 0.0646. The maximum atomic E-state index is 14.6. The van der Waals surface area contributed by atoms with E-state index >= 15 is 0 Å². The molecule has 0 radical (unpaired) electrons. The highest BCUT2D eigenvalue weighted by atomic mass is 32.2. The number of ether oxygens (including phenoxy) is 1. The molecule has 2 aromatic carbocycles. The van der Waals surface area contributed by atoms with Crippen molar-refractivity contribution in [1.82, 2.24) is 0 Å². The summed E-state index contributed by atoms with van der Waals surface area (Å²) in [5.41, 5.74) is 0.729. The monoisotopic (exact) mass is 415 g/mol. The molecule has 0 saturated carbocycles. The first-order valence-corrected chi connectivity index (χ1v) is 9.43. The third-order valence-electron chi connectivity index (χ3n) is 3.55. The molecule has 0 fully saturated rings. The Morgan fingerprint density at radius 3 is 2.43 bits per heavy atom. The molecule has 0 saturated heterocycles. The maximum Gasteiger partial charge on any atom is 0.272 e. The molecular formula is C18H17F4N3O2S. The molecule has 0 bridgehead atoms. The number of anilines is 1. The van der Waals surface area contributed by atoms with Gasteiger partial charge >= 0.3 is 0 Å². The van der Waals surface area contributed by atoms with Crippen molar-refractivity contribution in [3.05, 3.63) is 65.2 Å². The Morgan fingerprint density at radius 1 is 1.21 bits per heavy atom. The highest BCUT2D eigenvalue weighted by Gasteiger charge is 2.16. The van der Waals surface area contributed by atoms with Crippen LogP contribution in [0.5, 0.6) is 0 Å². The first-order chi connectivity index (χ1) is 13.3. The molecule has 0 aliphatic rings. The molecule has 0 heterocycles. The molecule has 150 valence electrons. The third-order valence-corrected chi connectivity index (χ3v) is 4.51. The molecule has 5 nitrogen and oxygen atoms in total. The molecule has 0 N–H and O–H groups in total. The minimum Gasteiger partial charge on any atom is -0.470 e. The smallest absolute Gasteiger partial charge is 0.272 e. The van der Waals surface area contributed by atoms with E-state index in [0.717, 1.165) is 6.07 Å².